The maximum absolute atomic E-state index is 12.6. The van der Waals surface area contributed by atoms with Crippen LogP contribution in [-0.4, -0.2) is 30.2 Å². The molecule has 0 atom stereocenters. The lowest BCUT2D eigenvalue weighted by Crippen LogP contribution is -2.34. The number of alkyl halides is 3. The highest BCUT2D eigenvalue weighted by Crippen LogP contribution is 2.29. The minimum atomic E-state index is -4.36. The second-order valence-corrected chi connectivity index (χ2v) is 5.89. The Labute approximate surface area is 128 Å². The van der Waals surface area contributed by atoms with Gasteiger partial charge in [-0.2, -0.15) is 13.2 Å². The van der Waals surface area contributed by atoms with Gasteiger partial charge >= 0.3 is 12.3 Å². The first-order valence-corrected chi connectivity index (χ1v) is 6.77. The highest BCUT2D eigenvalue weighted by molar-refractivity contribution is 5.68. The van der Waals surface area contributed by atoms with Gasteiger partial charge in [0.05, 0.1) is 5.56 Å². The smallest absolute Gasteiger partial charge is 0.416 e. The van der Waals surface area contributed by atoms with Gasteiger partial charge in [-0.3, -0.25) is 0 Å². The number of halogens is 3. The van der Waals surface area contributed by atoms with Crippen LogP contribution in [0, 0.1) is 0 Å². The van der Waals surface area contributed by atoms with Crippen molar-refractivity contribution < 1.29 is 22.7 Å². The van der Waals surface area contributed by atoms with Crippen molar-refractivity contribution in [3.05, 3.63) is 41.5 Å². The Morgan fingerprint density at radius 2 is 1.91 bits per heavy atom. The average Bonchev–Trinajstić information content (AvgIpc) is 2.36. The molecule has 0 aromatic heterocycles. The number of carbonyl (C=O) groups is 1. The van der Waals surface area contributed by atoms with E-state index in [0.29, 0.717) is 5.56 Å². The van der Waals surface area contributed by atoms with Crippen LogP contribution in [0.4, 0.5) is 18.0 Å². The van der Waals surface area contributed by atoms with E-state index in [2.05, 4.69) is 0 Å². The molecule has 0 saturated carbocycles. The first-order chi connectivity index (χ1) is 9.99. The van der Waals surface area contributed by atoms with Crippen molar-refractivity contribution in [3.63, 3.8) is 0 Å². The number of nitrogens with zero attached hydrogens (tertiary/aromatic N) is 1. The number of hydrogen-bond donors (Lipinski definition) is 0. The summed E-state index contributed by atoms with van der Waals surface area (Å²) in [5.74, 6) is 0. The van der Waals surface area contributed by atoms with Crippen molar-refractivity contribution in [3.8, 4) is 0 Å². The Bertz CT molecular complexity index is 545. The molecule has 1 rings (SSSR count). The van der Waals surface area contributed by atoms with Crippen LogP contribution >= 0.6 is 0 Å². The van der Waals surface area contributed by atoms with Crippen LogP contribution in [0.3, 0.4) is 0 Å². The fourth-order valence-electron chi connectivity index (χ4n) is 1.58. The van der Waals surface area contributed by atoms with Gasteiger partial charge in [0, 0.05) is 13.6 Å². The SMILES string of the molecule is CN(C/C=C/c1cccc(C(F)(F)F)c1)C(=O)OC(C)(C)C. The largest absolute Gasteiger partial charge is 0.444 e. The molecule has 0 bridgehead atoms. The lowest BCUT2D eigenvalue weighted by molar-refractivity contribution is -0.137. The van der Waals surface area contributed by atoms with E-state index < -0.39 is 23.4 Å². The molecular weight excluding hydrogens is 295 g/mol. The average molecular weight is 315 g/mol. The number of amides is 1. The standard InChI is InChI=1S/C16H20F3NO2/c1-15(2,3)22-14(21)20(4)10-6-8-12-7-5-9-13(11-12)16(17,18)19/h5-9,11H,10H2,1-4H3/b8-6+. The van der Waals surface area contributed by atoms with Gasteiger partial charge in [0.2, 0.25) is 0 Å². The Morgan fingerprint density at radius 3 is 2.45 bits per heavy atom. The first-order valence-electron chi connectivity index (χ1n) is 6.77. The molecule has 1 aromatic rings. The molecule has 1 aromatic carbocycles. The van der Waals surface area contributed by atoms with Gasteiger partial charge in [-0.15, -0.1) is 0 Å². The molecule has 0 radical (unpaired) electrons. The third-order valence-electron chi connectivity index (χ3n) is 2.61. The molecular formula is C16H20F3NO2. The summed E-state index contributed by atoms with van der Waals surface area (Å²) in [4.78, 5) is 13.1. The van der Waals surface area contributed by atoms with Gasteiger partial charge in [-0.05, 0) is 38.5 Å². The molecule has 22 heavy (non-hydrogen) atoms. The quantitative estimate of drug-likeness (QED) is 0.817. The predicted molar refractivity (Wildman–Crippen MR) is 79.3 cm³/mol. The van der Waals surface area contributed by atoms with Gasteiger partial charge in [-0.25, -0.2) is 4.79 Å². The van der Waals surface area contributed by atoms with Gasteiger partial charge in [0.25, 0.3) is 0 Å². The van der Waals surface area contributed by atoms with Crippen molar-refractivity contribution in [2.45, 2.75) is 32.5 Å². The number of hydrogen-bond acceptors (Lipinski definition) is 2. The van der Waals surface area contributed by atoms with Gasteiger partial charge in [-0.1, -0.05) is 24.3 Å². The maximum Gasteiger partial charge on any atom is 0.416 e. The molecule has 0 saturated heterocycles. The molecule has 0 heterocycles. The summed E-state index contributed by atoms with van der Waals surface area (Å²) in [6, 6.07) is 4.99. The van der Waals surface area contributed by atoms with Crippen LogP contribution in [0.15, 0.2) is 30.3 Å². The number of rotatable bonds is 3. The van der Waals surface area contributed by atoms with Crippen LogP contribution in [0.2, 0.25) is 0 Å². The van der Waals surface area contributed by atoms with Crippen molar-refractivity contribution in [1.29, 1.82) is 0 Å². The highest BCUT2D eigenvalue weighted by atomic mass is 19.4. The minimum absolute atomic E-state index is 0.241. The zero-order chi connectivity index (χ0) is 17.0. The minimum Gasteiger partial charge on any atom is -0.444 e. The van der Waals surface area contributed by atoms with Gasteiger partial charge in [0.15, 0.2) is 0 Å². The van der Waals surface area contributed by atoms with E-state index in [9.17, 15) is 18.0 Å². The number of ether oxygens (including phenoxy) is 1. The summed E-state index contributed by atoms with van der Waals surface area (Å²) in [6.45, 7) is 5.52. The fourth-order valence-corrected chi connectivity index (χ4v) is 1.58. The van der Waals surface area contributed by atoms with Crippen molar-refractivity contribution in [2.75, 3.05) is 13.6 Å². The van der Waals surface area contributed by atoms with Crippen LogP contribution in [0.5, 0.6) is 0 Å². The fraction of sp³-hybridized carbons (Fsp3) is 0.438. The monoisotopic (exact) mass is 315 g/mol. The number of carbonyl (C=O) groups excluding carboxylic acids is 1. The van der Waals surface area contributed by atoms with Gasteiger partial charge in [0.1, 0.15) is 5.60 Å². The third-order valence-corrected chi connectivity index (χ3v) is 2.61. The Balaban J connectivity index is 2.65. The number of likely N-dealkylation sites (N-methyl/N-ethyl adjacent to an activating group) is 1. The topological polar surface area (TPSA) is 29.5 Å². The van der Waals surface area contributed by atoms with E-state index in [4.69, 9.17) is 4.74 Å². The number of benzene rings is 1. The second kappa shape index (κ2) is 6.85. The van der Waals surface area contributed by atoms with Crippen molar-refractivity contribution in [2.24, 2.45) is 0 Å². The van der Waals surface area contributed by atoms with E-state index in [0.717, 1.165) is 12.1 Å². The zero-order valence-corrected chi connectivity index (χ0v) is 13.1. The lowest BCUT2D eigenvalue weighted by Gasteiger charge is -2.23. The molecule has 6 heteroatoms. The van der Waals surface area contributed by atoms with Crippen molar-refractivity contribution in [1.82, 2.24) is 4.90 Å². The molecule has 0 aliphatic heterocycles. The molecule has 1 amide bonds. The van der Waals surface area contributed by atoms with E-state index in [1.807, 2.05) is 0 Å². The molecule has 3 nitrogen and oxygen atoms in total. The van der Waals surface area contributed by atoms with Crippen LogP contribution < -0.4 is 0 Å². The molecule has 0 spiro atoms. The molecule has 0 aliphatic rings. The van der Waals surface area contributed by atoms with E-state index in [1.165, 1.54) is 17.0 Å². The molecule has 0 aliphatic carbocycles. The Hall–Kier alpha value is -1.98. The predicted octanol–water partition coefficient (Wildman–Crippen LogP) is 4.59. The van der Waals surface area contributed by atoms with E-state index >= 15 is 0 Å². The Morgan fingerprint density at radius 1 is 1.27 bits per heavy atom. The summed E-state index contributed by atoms with van der Waals surface area (Å²) >= 11 is 0. The molecule has 0 unspecified atom stereocenters. The maximum atomic E-state index is 12.6. The molecule has 0 fully saturated rings. The lowest BCUT2D eigenvalue weighted by atomic mass is 10.1. The van der Waals surface area contributed by atoms with Crippen LogP contribution in [0.1, 0.15) is 31.9 Å². The second-order valence-electron chi connectivity index (χ2n) is 5.89. The first kappa shape index (κ1) is 18.1. The summed E-state index contributed by atoms with van der Waals surface area (Å²) in [5.41, 5.74) is -0.863. The van der Waals surface area contributed by atoms with E-state index in [1.54, 1.807) is 40.0 Å². The van der Waals surface area contributed by atoms with E-state index in [-0.39, 0.29) is 6.54 Å². The normalized spacial score (nSPS) is 12.5. The van der Waals surface area contributed by atoms with Crippen molar-refractivity contribution >= 4 is 12.2 Å². The summed E-state index contributed by atoms with van der Waals surface area (Å²) in [7, 11) is 1.56. The summed E-state index contributed by atoms with van der Waals surface area (Å²) in [5, 5.41) is 0. The Kier molecular flexibility index (Phi) is 5.63. The van der Waals surface area contributed by atoms with Crippen LogP contribution in [-0.2, 0) is 10.9 Å². The molecule has 0 N–H and O–H groups in total. The third kappa shape index (κ3) is 6.20. The zero-order valence-electron chi connectivity index (χ0n) is 13.1. The summed E-state index contributed by atoms with van der Waals surface area (Å²) < 4.78 is 42.9. The highest BCUT2D eigenvalue weighted by Gasteiger charge is 2.30. The van der Waals surface area contributed by atoms with Gasteiger partial charge < -0.3 is 9.64 Å². The van der Waals surface area contributed by atoms with Crippen LogP contribution in [0.25, 0.3) is 6.08 Å². The molecule has 122 valence electrons. The summed E-state index contributed by atoms with van der Waals surface area (Å²) in [6.07, 6.45) is -1.70.